The summed E-state index contributed by atoms with van der Waals surface area (Å²) in [4.78, 5) is 16.3. The smallest absolute Gasteiger partial charge is 0.336 e. The number of ether oxygens (including phenoxy) is 1. The number of aromatic carboxylic acids is 1. The SMILES string of the molecule is COc1ccc(-c2nc(-c3cc(C(=O)O)cs3)cs2)cc1. The summed E-state index contributed by atoms with van der Waals surface area (Å²) in [5.74, 6) is -0.108. The van der Waals surface area contributed by atoms with Gasteiger partial charge in [-0.1, -0.05) is 0 Å². The van der Waals surface area contributed by atoms with Crippen LogP contribution >= 0.6 is 22.7 Å². The predicted molar refractivity (Wildman–Crippen MR) is 84.4 cm³/mol. The summed E-state index contributed by atoms with van der Waals surface area (Å²) in [6, 6.07) is 9.35. The van der Waals surface area contributed by atoms with Crippen molar-refractivity contribution in [2.45, 2.75) is 0 Å². The van der Waals surface area contributed by atoms with Crippen LogP contribution in [0.2, 0.25) is 0 Å². The molecule has 3 aromatic rings. The van der Waals surface area contributed by atoms with E-state index < -0.39 is 5.97 Å². The topological polar surface area (TPSA) is 59.4 Å². The molecule has 0 aliphatic rings. The second-order valence-corrected chi connectivity index (χ2v) is 6.04. The molecule has 0 saturated heterocycles. The van der Waals surface area contributed by atoms with E-state index in [1.54, 1.807) is 18.6 Å². The summed E-state index contributed by atoms with van der Waals surface area (Å²) < 4.78 is 5.13. The fourth-order valence-electron chi connectivity index (χ4n) is 1.84. The number of benzene rings is 1. The van der Waals surface area contributed by atoms with Crippen molar-refractivity contribution in [3.8, 4) is 26.9 Å². The molecule has 0 saturated carbocycles. The molecular formula is C15H11NO3S2. The summed E-state index contributed by atoms with van der Waals surface area (Å²) in [7, 11) is 1.63. The normalized spacial score (nSPS) is 10.5. The first-order valence-electron chi connectivity index (χ1n) is 6.09. The molecule has 0 radical (unpaired) electrons. The van der Waals surface area contributed by atoms with E-state index in [0.29, 0.717) is 5.56 Å². The van der Waals surface area contributed by atoms with Crippen LogP contribution < -0.4 is 4.74 Å². The van der Waals surface area contributed by atoms with E-state index in [-0.39, 0.29) is 0 Å². The van der Waals surface area contributed by atoms with E-state index in [9.17, 15) is 4.79 Å². The standard InChI is InChI=1S/C15H11NO3S2/c1-19-11-4-2-9(3-5-11)14-16-12(8-21-14)13-6-10(7-20-13)15(17)18/h2-8H,1H3,(H,17,18). The van der Waals surface area contributed by atoms with Crippen molar-refractivity contribution in [3.05, 3.63) is 46.7 Å². The zero-order valence-corrected chi connectivity index (χ0v) is 12.7. The third kappa shape index (κ3) is 2.81. The van der Waals surface area contributed by atoms with Gasteiger partial charge in [-0.15, -0.1) is 22.7 Å². The van der Waals surface area contributed by atoms with Gasteiger partial charge in [-0.25, -0.2) is 9.78 Å². The van der Waals surface area contributed by atoms with Gasteiger partial charge in [-0.2, -0.15) is 0 Å². The second-order valence-electron chi connectivity index (χ2n) is 4.27. The van der Waals surface area contributed by atoms with Gasteiger partial charge >= 0.3 is 5.97 Å². The van der Waals surface area contributed by atoms with E-state index in [4.69, 9.17) is 9.84 Å². The Kier molecular flexibility index (Phi) is 3.72. The van der Waals surface area contributed by atoms with E-state index in [2.05, 4.69) is 4.98 Å². The minimum Gasteiger partial charge on any atom is -0.497 e. The Bertz CT molecular complexity index is 774. The fraction of sp³-hybridized carbons (Fsp3) is 0.0667. The van der Waals surface area contributed by atoms with Crippen LogP contribution in [0.1, 0.15) is 10.4 Å². The zero-order valence-electron chi connectivity index (χ0n) is 11.1. The van der Waals surface area contributed by atoms with Crippen molar-refractivity contribution >= 4 is 28.6 Å². The number of methoxy groups -OCH3 is 1. The maximum atomic E-state index is 10.9. The van der Waals surface area contributed by atoms with Crippen molar-refractivity contribution in [2.24, 2.45) is 0 Å². The number of carbonyl (C=O) groups is 1. The lowest BCUT2D eigenvalue weighted by molar-refractivity contribution is 0.0697. The number of aromatic nitrogens is 1. The Hall–Kier alpha value is -2.18. The van der Waals surface area contributed by atoms with Crippen molar-refractivity contribution in [1.82, 2.24) is 4.98 Å². The summed E-state index contributed by atoms with van der Waals surface area (Å²) in [5, 5.41) is 13.4. The molecule has 6 heteroatoms. The first kappa shape index (κ1) is 13.8. The summed E-state index contributed by atoms with van der Waals surface area (Å²) in [6.07, 6.45) is 0. The monoisotopic (exact) mass is 317 g/mol. The van der Waals surface area contributed by atoms with Crippen molar-refractivity contribution in [2.75, 3.05) is 7.11 Å². The molecule has 1 N–H and O–H groups in total. The van der Waals surface area contributed by atoms with Crippen LogP contribution in [-0.4, -0.2) is 23.2 Å². The summed E-state index contributed by atoms with van der Waals surface area (Å²) in [6.45, 7) is 0. The molecular weight excluding hydrogens is 306 g/mol. The first-order valence-corrected chi connectivity index (χ1v) is 7.85. The van der Waals surface area contributed by atoms with Crippen LogP contribution in [0.4, 0.5) is 0 Å². The number of rotatable bonds is 4. The Morgan fingerprint density at radius 3 is 2.57 bits per heavy atom. The minimum absolute atomic E-state index is 0.300. The maximum absolute atomic E-state index is 10.9. The van der Waals surface area contributed by atoms with Gasteiger partial charge in [0.15, 0.2) is 0 Å². The number of hydrogen-bond donors (Lipinski definition) is 1. The molecule has 0 fully saturated rings. The third-order valence-corrected chi connectivity index (χ3v) is 4.78. The highest BCUT2D eigenvalue weighted by Gasteiger charge is 2.11. The number of carboxylic acid groups (broad SMARTS) is 1. The number of nitrogens with zero attached hydrogens (tertiary/aromatic N) is 1. The molecule has 1 aromatic carbocycles. The van der Waals surface area contributed by atoms with Crippen molar-refractivity contribution < 1.29 is 14.6 Å². The molecule has 0 unspecified atom stereocenters. The Morgan fingerprint density at radius 1 is 1.19 bits per heavy atom. The van der Waals surface area contributed by atoms with Crippen LogP contribution in [0, 0.1) is 0 Å². The lowest BCUT2D eigenvalue weighted by Gasteiger charge is -2.00. The van der Waals surface area contributed by atoms with Crippen molar-refractivity contribution in [3.63, 3.8) is 0 Å². The average Bonchev–Trinajstić information content (AvgIpc) is 3.16. The van der Waals surface area contributed by atoms with Gasteiger partial charge in [-0.3, -0.25) is 0 Å². The Balaban J connectivity index is 1.89. The molecule has 0 bridgehead atoms. The lowest BCUT2D eigenvalue weighted by Crippen LogP contribution is -1.91. The largest absolute Gasteiger partial charge is 0.497 e. The molecule has 0 aliphatic carbocycles. The predicted octanol–water partition coefficient (Wildman–Crippen LogP) is 4.25. The van der Waals surface area contributed by atoms with Crippen molar-refractivity contribution in [1.29, 1.82) is 0 Å². The molecule has 3 rings (SSSR count). The number of thiazole rings is 1. The van der Waals surface area contributed by atoms with Gasteiger partial charge in [0, 0.05) is 16.3 Å². The molecule has 2 heterocycles. The van der Waals surface area contributed by atoms with Gasteiger partial charge in [-0.05, 0) is 30.3 Å². The highest BCUT2D eigenvalue weighted by atomic mass is 32.1. The molecule has 106 valence electrons. The molecule has 0 atom stereocenters. The highest BCUT2D eigenvalue weighted by molar-refractivity contribution is 7.15. The molecule has 0 spiro atoms. The molecule has 0 amide bonds. The minimum atomic E-state index is -0.914. The van der Waals surface area contributed by atoms with E-state index in [1.165, 1.54) is 22.7 Å². The van der Waals surface area contributed by atoms with Crippen LogP contribution in [-0.2, 0) is 0 Å². The van der Waals surface area contributed by atoms with Gasteiger partial charge in [0.1, 0.15) is 10.8 Å². The van der Waals surface area contributed by atoms with Crippen LogP contribution in [0.3, 0.4) is 0 Å². The van der Waals surface area contributed by atoms with Crippen LogP contribution in [0.5, 0.6) is 5.75 Å². The quantitative estimate of drug-likeness (QED) is 0.781. The van der Waals surface area contributed by atoms with Gasteiger partial charge < -0.3 is 9.84 Å². The highest BCUT2D eigenvalue weighted by Crippen LogP contribution is 2.32. The zero-order chi connectivity index (χ0) is 14.8. The Labute approximate surface area is 129 Å². The van der Waals surface area contributed by atoms with Gasteiger partial charge in [0.2, 0.25) is 0 Å². The second kappa shape index (κ2) is 5.67. The summed E-state index contributed by atoms with van der Waals surface area (Å²) in [5.41, 5.74) is 2.12. The van der Waals surface area contributed by atoms with Crippen LogP contribution in [0.25, 0.3) is 21.1 Å². The van der Waals surface area contributed by atoms with Crippen LogP contribution in [0.15, 0.2) is 41.1 Å². The molecule has 0 aliphatic heterocycles. The van der Waals surface area contributed by atoms with Gasteiger partial charge in [0.05, 0.1) is 23.2 Å². The molecule has 2 aromatic heterocycles. The van der Waals surface area contributed by atoms with Gasteiger partial charge in [0.25, 0.3) is 0 Å². The number of carboxylic acids is 1. The lowest BCUT2D eigenvalue weighted by atomic mass is 10.2. The van der Waals surface area contributed by atoms with E-state index in [0.717, 1.165) is 26.9 Å². The molecule has 4 nitrogen and oxygen atoms in total. The van der Waals surface area contributed by atoms with E-state index in [1.807, 2.05) is 29.6 Å². The maximum Gasteiger partial charge on any atom is 0.336 e. The average molecular weight is 317 g/mol. The van der Waals surface area contributed by atoms with E-state index >= 15 is 0 Å². The first-order chi connectivity index (χ1) is 10.2. The summed E-state index contributed by atoms with van der Waals surface area (Å²) >= 11 is 2.92. The number of thiophene rings is 1. The fourth-order valence-corrected chi connectivity index (χ4v) is 3.58. The Morgan fingerprint density at radius 2 is 1.95 bits per heavy atom. The molecule has 21 heavy (non-hydrogen) atoms. The third-order valence-electron chi connectivity index (χ3n) is 2.94. The number of hydrogen-bond acceptors (Lipinski definition) is 5.